The Labute approximate surface area is 89.5 Å². The Balaban J connectivity index is 1.54. The van der Waals surface area contributed by atoms with Crippen LogP contribution in [0.5, 0.6) is 0 Å². The molecule has 76 valence electrons. The second-order valence-corrected chi connectivity index (χ2v) is 5.74. The van der Waals surface area contributed by atoms with Gasteiger partial charge < -0.3 is 5.32 Å². The lowest BCUT2D eigenvalue weighted by Gasteiger charge is -2.14. The highest BCUT2D eigenvalue weighted by atomic mass is 32.1. The highest BCUT2D eigenvalue weighted by Gasteiger charge is 2.43. The fourth-order valence-electron chi connectivity index (χ4n) is 2.07. The van der Waals surface area contributed by atoms with Crippen LogP contribution in [0.1, 0.15) is 31.2 Å². The summed E-state index contributed by atoms with van der Waals surface area (Å²) < 4.78 is 0. The molecule has 14 heavy (non-hydrogen) atoms. The van der Waals surface area contributed by atoms with E-state index >= 15 is 0 Å². The molecular formula is C12H17NS. The maximum Gasteiger partial charge on any atom is 0.00684 e. The zero-order valence-electron chi connectivity index (χ0n) is 8.46. The third-order valence-electron chi connectivity index (χ3n) is 3.46. The van der Waals surface area contributed by atoms with Crippen LogP contribution in [0.25, 0.3) is 0 Å². The number of hydrogen-bond donors (Lipinski definition) is 1. The van der Waals surface area contributed by atoms with Crippen LogP contribution in [-0.2, 0) is 6.42 Å². The Morgan fingerprint density at radius 2 is 2.29 bits per heavy atom. The molecule has 3 rings (SSSR count). The standard InChI is InChI=1S/C12H17NS/c1-2-11(1)13-9-12(4-5-12)7-10-3-6-14-8-10/h3,6,8,11,13H,1-2,4-5,7,9H2. The van der Waals surface area contributed by atoms with E-state index in [1.54, 1.807) is 5.56 Å². The lowest BCUT2D eigenvalue weighted by atomic mass is 9.98. The molecular weight excluding hydrogens is 190 g/mol. The summed E-state index contributed by atoms with van der Waals surface area (Å²) in [5, 5.41) is 8.17. The molecule has 0 bridgehead atoms. The molecule has 1 nitrogen and oxygen atoms in total. The van der Waals surface area contributed by atoms with Crippen molar-refractivity contribution in [2.24, 2.45) is 5.41 Å². The quantitative estimate of drug-likeness (QED) is 0.783. The van der Waals surface area contributed by atoms with Crippen LogP contribution in [0.4, 0.5) is 0 Å². The summed E-state index contributed by atoms with van der Waals surface area (Å²) in [6.45, 7) is 1.26. The topological polar surface area (TPSA) is 12.0 Å². The van der Waals surface area contributed by atoms with Crippen LogP contribution in [0.15, 0.2) is 16.8 Å². The van der Waals surface area contributed by atoms with E-state index in [1.807, 2.05) is 11.3 Å². The third kappa shape index (κ3) is 2.01. The fraction of sp³-hybridized carbons (Fsp3) is 0.667. The van der Waals surface area contributed by atoms with E-state index in [1.165, 1.54) is 38.6 Å². The van der Waals surface area contributed by atoms with Crippen LogP contribution in [0.3, 0.4) is 0 Å². The van der Waals surface area contributed by atoms with Crippen molar-refractivity contribution in [1.29, 1.82) is 0 Å². The SMILES string of the molecule is c1cc(CC2(CNC3CC3)CC2)cs1. The van der Waals surface area contributed by atoms with Crippen molar-refractivity contribution < 1.29 is 0 Å². The average molecular weight is 207 g/mol. The minimum Gasteiger partial charge on any atom is -0.313 e. The Morgan fingerprint density at radius 1 is 1.43 bits per heavy atom. The molecule has 2 fully saturated rings. The van der Waals surface area contributed by atoms with Crippen LogP contribution < -0.4 is 5.32 Å². The minimum absolute atomic E-state index is 0.643. The molecule has 2 aliphatic carbocycles. The Morgan fingerprint density at radius 3 is 2.86 bits per heavy atom. The Hall–Kier alpha value is -0.340. The summed E-state index contributed by atoms with van der Waals surface area (Å²) in [5.74, 6) is 0. The molecule has 0 unspecified atom stereocenters. The van der Waals surface area contributed by atoms with Crippen molar-refractivity contribution in [2.45, 2.75) is 38.1 Å². The van der Waals surface area contributed by atoms with Crippen molar-refractivity contribution in [3.63, 3.8) is 0 Å². The molecule has 0 radical (unpaired) electrons. The number of hydrogen-bond acceptors (Lipinski definition) is 2. The van der Waals surface area contributed by atoms with E-state index in [2.05, 4.69) is 22.1 Å². The van der Waals surface area contributed by atoms with Gasteiger partial charge >= 0.3 is 0 Å². The normalized spacial score (nSPS) is 23.7. The summed E-state index contributed by atoms with van der Waals surface area (Å²) in [7, 11) is 0. The first-order valence-corrected chi connectivity index (χ1v) is 6.55. The van der Waals surface area contributed by atoms with E-state index in [0.717, 1.165) is 6.04 Å². The molecule has 0 amide bonds. The summed E-state index contributed by atoms with van der Waals surface area (Å²) in [4.78, 5) is 0. The second-order valence-electron chi connectivity index (χ2n) is 4.96. The summed E-state index contributed by atoms with van der Waals surface area (Å²) in [6.07, 6.45) is 6.99. The van der Waals surface area contributed by atoms with E-state index in [0.29, 0.717) is 5.41 Å². The summed E-state index contributed by atoms with van der Waals surface area (Å²) in [5.41, 5.74) is 2.19. The lowest BCUT2D eigenvalue weighted by molar-refractivity contribution is 0.454. The number of rotatable bonds is 5. The summed E-state index contributed by atoms with van der Waals surface area (Å²) >= 11 is 1.82. The highest BCUT2D eigenvalue weighted by molar-refractivity contribution is 7.07. The van der Waals surface area contributed by atoms with Gasteiger partial charge in [0.2, 0.25) is 0 Å². The van der Waals surface area contributed by atoms with Gasteiger partial charge in [-0.15, -0.1) is 0 Å². The molecule has 2 heteroatoms. The molecule has 2 aliphatic rings. The molecule has 2 saturated carbocycles. The average Bonchev–Trinajstić information content (AvgIpc) is 3.07. The molecule has 0 atom stereocenters. The first-order valence-electron chi connectivity index (χ1n) is 5.61. The van der Waals surface area contributed by atoms with E-state index < -0.39 is 0 Å². The highest BCUT2D eigenvalue weighted by Crippen LogP contribution is 2.48. The van der Waals surface area contributed by atoms with Crippen LogP contribution in [0.2, 0.25) is 0 Å². The van der Waals surface area contributed by atoms with Crippen molar-refractivity contribution in [3.8, 4) is 0 Å². The van der Waals surface area contributed by atoms with Gasteiger partial charge in [0.15, 0.2) is 0 Å². The van der Waals surface area contributed by atoms with Gasteiger partial charge in [-0.25, -0.2) is 0 Å². The molecule has 1 N–H and O–H groups in total. The van der Waals surface area contributed by atoms with E-state index in [-0.39, 0.29) is 0 Å². The number of nitrogens with one attached hydrogen (secondary N) is 1. The van der Waals surface area contributed by atoms with Gasteiger partial charge in [0, 0.05) is 12.6 Å². The van der Waals surface area contributed by atoms with Gasteiger partial charge in [0.1, 0.15) is 0 Å². The van der Waals surface area contributed by atoms with Gasteiger partial charge in [-0.05, 0) is 59.9 Å². The lowest BCUT2D eigenvalue weighted by Crippen LogP contribution is -2.27. The molecule has 1 aromatic heterocycles. The molecule has 1 aromatic rings. The van der Waals surface area contributed by atoms with Gasteiger partial charge in [-0.2, -0.15) is 11.3 Å². The van der Waals surface area contributed by atoms with Crippen LogP contribution in [0, 0.1) is 5.41 Å². The predicted molar refractivity (Wildman–Crippen MR) is 60.7 cm³/mol. The zero-order valence-corrected chi connectivity index (χ0v) is 9.28. The van der Waals surface area contributed by atoms with Gasteiger partial charge in [0.05, 0.1) is 0 Å². The Bertz CT molecular complexity index is 296. The van der Waals surface area contributed by atoms with Crippen molar-refractivity contribution in [3.05, 3.63) is 22.4 Å². The third-order valence-corrected chi connectivity index (χ3v) is 4.19. The van der Waals surface area contributed by atoms with E-state index in [9.17, 15) is 0 Å². The maximum absolute atomic E-state index is 3.68. The first kappa shape index (κ1) is 8.93. The van der Waals surface area contributed by atoms with Gasteiger partial charge in [-0.1, -0.05) is 0 Å². The largest absolute Gasteiger partial charge is 0.313 e. The molecule has 0 spiro atoms. The van der Waals surface area contributed by atoms with Crippen molar-refractivity contribution in [2.75, 3.05) is 6.54 Å². The van der Waals surface area contributed by atoms with Crippen LogP contribution >= 0.6 is 11.3 Å². The van der Waals surface area contributed by atoms with Crippen LogP contribution in [-0.4, -0.2) is 12.6 Å². The zero-order chi connectivity index (χ0) is 9.43. The Kier molecular flexibility index (Phi) is 2.14. The molecule has 0 aromatic carbocycles. The fourth-order valence-corrected chi connectivity index (χ4v) is 2.74. The smallest absolute Gasteiger partial charge is 0.00684 e. The minimum atomic E-state index is 0.643. The van der Waals surface area contributed by atoms with Gasteiger partial charge in [0.25, 0.3) is 0 Å². The molecule has 0 saturated heterocycles. The molecule has 1 heterocycles. The molecule has 0 aliphatic heterocycles. The number of thiophene rings is 1. The predicted octanol–water partition coefficient (Wildman–Crippen LogP) is 2.82. The summed E-state index contributed by atoms with van der Waals surface area (Å²) in [6, 6.07) is 3.15. The maximum atomic E-state index is 3.68. The van der Waals surface area contributed by atoms with Crippen molar-refractivity contribution >= 4 is 11.3 Å². The van der Waals surface area contributed by atoms with Crippen molar-refractivity contribution in [1.82, 2.24) is 5.32 Å². The second kappa shape index (κ2) is 3.35. The monoisotopic (exact) mass is 207 g/mol. The van der Waals surface area contributed by atoms with E-state index in [4.69, 9.17) is 0 Å². The van der Waals surface area contributed by atoms with Gasteiger partial charge in [-0.3, -0.25) is 0 Å². The first-order chi connectivity index (χ1) is 6.86.